The smallest absolute Gasteiger partial charge is 0.218 e. The molecule has 2 rings (SSSR count). The first-order valence-electron chi connectivity index (χ1n) is 7.34. The zero-order chi connectivity index (χ0) is 14.0. The molecule has 1 heterocycles. The van der Waals surface area contributed by atoms with Crippen molar-refractivity contribution in [3.05, 3.63) is 0 Å². The van der Waals surface area contributed by atoms with Crippen molar-refractivity contribution in [2.45, 2.75) is 52.0 Å². The normalized spacial score (nSPS) is 31.2. The number of carbonyl (C=O) groups is 1. The van der Waals surface area contributed by atoms with Crippen LogP contribution >= 0.6 is 0 Å². The second kappa shape index (κ2) is 5.90. The number of likely N-dealkylation sites (tertiary alicyclic amines) is 1. The summed E-state index contributed by atoms with van der Waals surface area (Å²) in [4.78, 5) is 13.0. The Labute approximate surface area is 116 Å². The molecular formula is C15H27NO3. The molecule has 2 aliphatic rings. The molecule has 0 aromatic rings. The van der Waals surface area contributed by atoms with Crippen molar-refractivity contribution in [3.8, 4) is 0 Å². The van der Waals surface area contributed by atoms with E-state index in [0.717, 1.165) is 44.6 Å². The van der Waals surface area contributed by atoms with Crippen LogP contribution in [0.3, 0.4) is 0 Å². The summed E-state index contributed by atoms with van der Waals surface area (Å²) < 4.78 is 11.4. The fourth-order valence-electron chi connectivity index (χ4n) is 3.07. The van der Waals surface area contributed by atoms with Gasteiger partial charge in [0, 0.05) is 26.1 Å². The van der Waals surface area contributed by atoms with Crippen molar-refractivity contribution in [2.24, 2.45) is 17.8 Å². The second-order valence-electron chi connectivity index (χ2n) is 6.85. The van der Waals surface area contributed by atoms with Crippen molar-refractivity contribution in [3.63, 3.8) is 0 Å². The van der Waals surface area contributed by atoms with Gasteiger partial charge in [0.1, 0.15) is 6.29 Å². The lowest BCUT2D eigenvalue weighted by Gasteiger charge is -2.39. The van der Waals surface area contributed by atoms with E-state index in [1.165, 1.54) is 0 Å². The zero-order valence-electron chi connectivity index (χ0n) is 12.6. The summed E-state index contributed by atoms with van der Waals surface area (Å²) in [6, 6.07) is 0. The van der Waals surface area contributed by atoms with Crippen LogP contribution in [-0.4, -0.2) is 43.4 Å². The SMILES string of the molecule is COC(OC(C)(C)C)N1CCC(C2CC2C=O)CC1. The highest BCUT2D eigenvalue weighted by Gasteiger charge is 2.44. The number of carbonyl (C=O) groups excluding carboxylic acids is 1. The van der Waals surface area contributed by atoms with E-state index in [0.29, 0.717) is 11.8 Å². The Balaban J connectivity index is 1.80. The molecule has 0 radical (unpaired) electrons. The molecule has 0 amide bonds. The van der Waals surface area contributed by atoms with E-state index in [1.807, 2.05) is 20.8 Å². The quantitative estimate of drug-likeness (QED) is 0.567. The Morgan fingerprint density at radius 1 is 1.26 bits per heavy atom. The van der Waals surface area contributed by atoms with Crippen LogP contribution in [0.25, 0.3) is 0 Å². The van der Waals surface area contributed by atoms with E-state index < -0.39 is 0 Å². The van der Waals surface area contributed by atoms with Crippen LogP contribution in [0, 0.1) is 17.8 Å². The molecule has 0 aromatic heterocycles. The number of hydrogen-bond donors (Lipinski definition) is 0. The van der Waals surface area contributed by atoms with E-state index in [2.05, 4.69) is 4.90 Å². The van der Waals surface area contributed by atoms with Crippen molar-refractivity contribution >= 4 is 6.29 Å². The lowest BCUT2D eigenvalue weighted by atomic mass is 9.91. The van der Waals surface area contributed by atoms with Gasteiger partial charge in [-0.2, -0.15) is 0 Å². The van der Waals surface area contributed by atoms with Gasteiger partial charge < -0.3 is 14.3 Å². The van der Waals surface area contributed by atoms with E-state index in [-0.39, 0.29) is 12.0 Å². The fourth-order valence-corrected chi connectivity index (χ4v) is 3.07. The first-order valence-corrected chi connectivity index (χ1v) is 7.34. The largest absolute Gasteiger partial charge is 0.343 e. The predicted molar refractivity (Wildman–Crippen MR) is 73.6 cm³/mol. The van der Waals surface area contributed by atoms with Crippen LogP contribution in [-0.2, 0) is 14.3 Å². The van der Waals surface area contributed by atoms with Crippen LogP contribution in [0.5, 0.6) is 0 Å². The summed E-state index contributed by atoms with van der Waals surface area (Å²) in [7, 11) is 1.70. The number of methoxy groups -OCH3 is 1. The van der Waals surface area contributed by atoms with Crippen LogP contribution in [0.4, 0.5) is 0 Å². The van der Waals surface area contributed by atoms with Gasteiger partial charge in [-0.25, -0.2) is 0 Å². The number of aldehydes is 1. The summed E-state index contributed by atoms with van der Waals surface area (Å²) in [5.41, 5.74) is -0.198. The minimum atomic E-state index is -0.248. The molecule has 19 heavy (non-hydrogen) atoms. The number of rotatable bonds is 5. The maximum Gasteiger partial charge on any atom is 0.218 e. The van der Waals surface area contributed by atoms with Crippen LogP contribution in [0.15, 0.2) is 0 Å². The third kappa shape index (κ3) is 4.01. The summed E-state index contributed by atoms with van der Waals surface area (Å²) in [5, 5.41) is 0. The van der Waals surface area contributed by atoms with Gasteiger partial charge in [0.25, 0.3) is 0 Å². The molecule has 0 aromatic carbocycles. The highest BCUT2D eigenvalue weighted by Crippen LogP contribution is 2.46. The predicted octanol–water partition coefficient (Wildman–Crippen LogP) is 2.28. The molecule has 1 saturated heterocycles. The van der Waals surface area contributed by atoms with Gasteiger partial charge in [0.15, 0.2) is 0 Å². The summed E-state index contributed by atoms with van der Waals surface area (Å²) >= 11 is 0. The topological polar surface area (TPSA) is 38.8 Å². The van der Waals surface area contributed by atoms with Gasteiger partial charge in [0.05, 0.1) is 5.60 Å². The van der Waals surface area contributed by atoms with Gasteiger partial charge >= 0.3 is 0 Å². The van der Waals surface area contributed by atoms with E-state index >= 15 is 0 Å². The lowest BCUT2D eigenvalue weighted by Crippen LogP contribution is -2.47. The molecule has 1 aliphatic heterocycles. The van der Waals surface area contributed by atoms with Gasteiger partial charge in [-0.05, 0) is 51.9 Å². The maximum absolute atomic E-state index is 10.7. The Bertz CT molecular complexity index is 305. The van der Waals surface area contributed by atoms with Crippen molar-refractivity contribution in [1.82, 2.24) is 4.90 Å². The molecule has 4 nitrogen and oxygen atoms in total. The minimum Gasteiger partial charge on any atom is -0.343 e. The molecule has 0 N–H and O–H groups in total. The third-order valence-electron chi connectivity index (χ3n) is 4.20. The van der Waals surface area contributed by atoms with Crippen LogP contribution in [0.1, 0.15) is 40.0 Å². The molecule has 2 fully saturated rings. The third-order valence-corrected chi connectivity index (χ3v) is 4.20. The molecule has 0 bridgehead atoms. The molecule has 4 heteroatoms. The minimum absolute atomic E-state index is 0.198. The van der Waals surface area contributed by atoms with Crippen molar-refractivity contribution < 1.29 is 14.3 Å². The van der Waals surface area contributed by atoms with E-state index in [1.54, 1.807) is 7.11 Å². The van der Waals surface area contributed by atoms with E-state index in [9.17, 15) is 4.79 Å². The first kappa shape index (κ1) is 14.9. The monoisotopic (exact) mass is 269 g/mol. The zero-order valence-corrected chi connectivity index (χ0v) is 12.6. The summed E-state index contributed by atoms with van der Waals surface area (Å²) in [5.74, 6) is 1.73. The highest BCUT2D eigenvalue weighted by molar-refractivity contribution is 5.58. The number of piperidine rings is 1. The Kier molecular flexibility index (Phi) is 4.64. The molecule has 1 saturated carbocycles. The standard InChI is InChI=1S/C15H27NO3/c1-15(2,3)19-14(18-4)16-7-5-11(6-8-16)13-9-12(13)10-17/h10-14H,5-9H2,1-4H3. The van der Waals surface area contributed by atoms with Crippen molar-refractivity contribution in [1.29, 1.82) is 0 Å². The number of hydrogen-bond acceptors (Lipinski definition) is 4. The van der Waals surface area contributed by atoms with E-state index in [4.69, 9.17) is 9.47 Å². The van der Waals surface area contributed by atoms with Crippen LogP contribution < -0.4 is 0 Å². The second-order valence-corrected chi connectivity index (χ2v) is 6.85. The molecule has 110 valence electrons. The lowest BCUT2D eigenvalue weighted by molar-refractivity contribution is -0.257. The average molecular weight is 269 g/mol. The number of ether oxygens (including phenoxy) is 2. The molecule has 3 atom stereocenters. The average Bonchev–Trinajstić information content (AvgIpc) is 3.14. The van der Waals surface area contributed by atoms with Crippen LogP contribution in [0.2, 0.25) is 0 Å². The van der Waals surface area contributed by atoms with Gasteiger partial charge in [-0.15, -0.1) is 0 Å². The fraction of sp³-hybridized carbons (Fsp3) is 0.933. The highest BCUT2D eigenvalue weighted by atomic mass is 16.7. The number of nitrogens with zero attached hydrogens (tertiary/aromatic N) is 1. The Hall–Kier alpha value is -0.450. The molecule has 1 aliphatic carbocycles. The maximum atomic E-state index is 10.7. The Morgan fingerprint density at radius 2 is 1.89 bits per heavy atom. The van der Waals surface area contributed by atoms with Crippen molar-refractivity contribution in [2.75, 3.05) is 20.2 Å². The molecule has 0 spiro atoms. The van der Waals surface area contributed by atoms with Gasteiger partial charge in [0.2, 0.25) is 6.41 Å². The van der Waals surface area contributed by atoms with Gasteiger partial charge in [-0.3, -0.25) is 4.90 Å². The summed E-state index contributed by atoms with van der Waals surface area (Å²) in [6.07, 6.45) is 4.31. The molecule has 3 unspecified atom stereocenters. The Morgan fingerprint density at radius 3 is 2.32 bits per heavy atom. The first-order chi connectivity index (χ1) is 8.94. The summed E-state index contributed by atoms with van der Waals surface area (Å²) in [6.45, 7) is 8.14. The molecular weight excluding hydrogens is 242 g/mol. The van der Waals surface area contributed by atoms with Gasteiger partial charge in [-0.1, -0.05) is 0 Å².